The average molecular weight is 373 g/mol. The van der Waals surface area contributed by atoms with Crippen LogP contribution in [-0.2, 0) is 21.9 Å². The Kier molecular flexibility index (Phi) is 4.41. The fourth-order valence-corrected chi connectivity index (χ4v) is 4.05. The minimum atomic E-state index is -3.85. The van der Waals surface area contributed by atoms with E-state index in [1.165, 1.54) is 19.2 Å². The number of carbonyl (C=O) groups is 1. The number of sulfonamides is 1. The average Bonchev–Trinajstić information content (AvgIpc) is 2.82. The van der Waals surface area contributed by atoms with Crippen molar-refractivity contribution in [3.63, 3.8) is 0 Å². The Balaban J connectivity index is 1.99. The highest BCUT2D eigenvalue weighted by Gasteiger charge is 2.19. The molecule has 3 rings (SSSR count). The number of carbonyl (C=O) groups excluding carboxylic acids is 1. The highest BCUT2D eigenvalue weighted by Crippen LogP contribution is 2.25. The van der Waals surface area contributed by atoms with E-state index in [1.54, 1.807) is 36.9 Å². The first-order chi connectivity index (χ1) is 12.2. The maximum Gasteiger partial charge on any atom is 0.262 e. The number of pyridine rings is 1. The van der Waals surface area contributed by atoms with E-state index in [0.29, 0.717) is 22.6 Å². The number of anilines is 2. The van der Waals surface area contributed by atoms with Crippen molar-refractivity contribution in [3.8, 4) is 0 Å². The summed E-state index contributed by atoms with van der Waals surface area (Å²) in [7, 11) is -2.06. The van der Waals surface area contributed by atoms with Gasteiger partial charge in [-0.3, -0.25) is 14.2 Å². The van der Waals surface area contributed by atoms with Crippen LogP contribution in [0.5, 0.6) is 0 Å². The Morgan fingerprint density at radius 1 is 1.15 bits per heavy atom. The van der Waals surface area contributed by atoms with Crippen LogP contribution in [0.4, 0.5) is 11.4 Å². The molecule has 0 saturated carbocycles. The molecule has 0 bridgehead atoms. The third-order valence-corrected chi connectivity index (χ3v) is 5.44. The van der Waals surface area contributed by atoms with Crippen molar-refractivity contribution in [2.45, 2.75) is 25.7 Å². The molecule has 0 spiro atoms. The molecule has 1 aromatic carbocycles. The van der Waals surface area contributed by atoms with E-state index in [0.717, 1.165) is 11.1 Å². The number of aromatic nitrogens is 3. The van der Waals surface area contributed by atoms with Crippen LogP contribution in [-0.4, -0.2) is 29.1 Å². The maximum atomic E-state index is 12.8. The van der Waals surface area contributed by atoms with Crippen molar-refractivity contribution in [1.82, 2.24) is 14.8 Å². The summed E-state index contributed by atoms with van der Waals surface area (Å²) in [5.74, 6) is -0.271. The first kappa shape index (κ1) is 17.9. The van der Waals surface area contributed by atoms with Crippen molar-refractivity contribution in [2.75, 3.05) is 10.0 Å². The number of hydrogen-bond acceptors (Lipinski definition) is 5. The minimum Gasteiger partial charge on any atom is -0.326 e. The predicted molar refractivity (Wildman–Crippen MR) is 99.5 cm³/mol. The maximum absolute atomic E-state index is 12.8. The van der Waals surface area contributed by atoms with E-state index in [4.69, 9.17) is 0 Å². The molecule has 3 aromatic rings. The summed E-state index contributed by atoms with van der Waals surface area (Å²) in [4.78, 5) is 15.6. The van der Waals surface area contributed by atoms with Crippen molar-refractivity contribution in [1.29, 1.82) is 0 Å². The van der Waals surface area contributed by atoms with Crippen molar-refractivity contribution in [2.24, 2.45) is 7.05 Å². The van der Waals surface area contributed by atoms with E-state index in [2.05, 4.69) is 20.1 Å². The number of rotatable bonds is 4. The highest BCUT2D eigenvalue weighted by molar-refractivity contribution is 7.92. The Morgan fingerprint density at radius 2 is 1.88 bits per heavy atom. The summed E-state index contributed by atoms with van der Waals surface area (Å²) in [5.41, 5.74) is 2.77. The van der Waals surface area contributed by atoms with Crippen LogP contribution < -0.4 is 10.0 Å². The Hall–Kier alpha value is -2.94. The first-order valence-electron chi connectivity index (χ1n) is 7.88. The van der Waals surface area contributed by atoms with Gasteiger partial charge < -0.3 is 5.32 Å². The molecule has 136 valence electrons. The van der Waals surface area contributed by atoms with Crippen molar-refractivity contribution >= 4 is 38.3 Å². The van der Waals surface area contributed by atoms with Gasteiger partial charge in [-0.1, -0.05) is 6.07 Å². The molecule has 0 saturated heterocycles. The minimum absolute atomic E-state index is 0.0896. The van der Waals surface area contributed by atoms with Crippen LogP contribution in [0.3, 0.4) is 0 Å². The van der Waals surface area contributed by atoms with E-state index in [1.807, 2.05) is 6.92 Å². The topological polar surface area (TPSA) is 106 Å². The van der Waals surface area contributed by atoms with Gasteiger partial charge in [-0.05, 0) is 37.6 Å². The van der Waals surface area contributed by atoms with Gasteiger partial charge in [0.2, 0.25) is 5.91 Å². The third kappa shape index (κ3) is 3.38. The van der Waals surface area contributed by atoms with Gasteiger partial charge in [0, 0.05) is 25.0 Å². The zero-order chi connectivity index (χ0) is 19.1. The Bertz CT molecular complexity index is 1120. The molecule has 2 aromatic heterocycles. The molecular weight excluding hydrogens is 354 g/mol. The number of nitrogens with one attached hydrogen (secondary N) is 2. The van der Waals surface area contributed by atoms with Gasteiger partial charge in [0.25, 0.3) is 10.0 Å². The molecule has 0 aliphatic carbocycles. The zero-order valence-corrected chi connectivity index (χ0v) is 15.7. The standard InChI is InChI=1S/C17H19N5O3S/c1-10-5-6-13(19-12(3)23)8-16(10)26(24,25)21-14-7-15-11(2)20-22(4)17(15)18-9-14/h5-9,21H,1-4H3,(H,19,23). The van der Waals surface area contributed by atoms with Crippen molar-refractivity contribution < 1.29 is 13.2 Å². The van der Waals surface area contributed by atoms with Crippen LogP contribution >= 0.6 is 0 Å². The number of nitrogens with zero attached hydrogens (tertiary/aromatic N) is 3. The van der Waals surface area contributed by atoms with Crippen LogP contribution in [0.1, 0.15) is 18.2 Å². The van der Waals surface area contributed by atoms with E-state index in [9.17, 15) is 13.2 Å². The second-order valence-corrected chi connectivity index (χ2v) is 7.72. The summed E-state index contributed by atoms with van der Waals surface area (Å²) in [6, 6.07) is 6.43. The van der Waals surface area contributed by atoms with E-state index < -0.39 is 10.0 Å². The normalized spacial score (nSPS) is 11.5. The molecule has 0 radical (unpaired) electrons. The largest absolute Gasteiger partial charge is 0.326 e. The molecule has 0 atom stereocenters. The lowest BCUT2D eigenvalue weighted by Crippen LogP contribution is -2.15. The van der Waals surface area contributed by atoms with E-state index in [-0.39, 0.29) is 10.8 Å². The molecule has 2 heterocycles. The fraction of sp³-hybridized carbons (Fsp3) is 0.235. The molecule has 0 aliphatic rings. The molecule has 1 amide bonds. The van der Waals surface area contributed by atoms with Gasteiger partial charge in [0.15, 0.2) is 5.65 Å². The number of benzene rings is 1. The number of amides is 1. The predicted octanol–water partition coefficient (Wildman–Crippen LogP) is 2.34. The summed E-state index contributed by atoms with van der Waals surface area (Å²) < 4.78 is 29.8. The van der Waals surface area contributed by atoms with Gasteiger partial charge in [-0.2, -0.15) is 5.10 Å². The second kappa shape index (κ2) is 6.41. The zero-order valence-electron chi connectivity index (χ0n) is 14.9. The summed E-state index contributed by atoms with van der Waals surface area (Å²) >= 11 is 0. The van der Waals surface area contributed by atoms with Gasteiger partial charge in [-0.15, -0.1) is 0 Å². The third-order valence-electron chi connectivity index (χ3n) is 3.91. The first-order valence-corrected chi connectivity index (χ1v) is 9.36. The number of fused-ring (bicyclic) bond motifs is 1. The van der Waals surface area contributed by atoms with Crippen LogP contribution in [0, 0.1) is 13.8 Å². The molecule has 26 heavy (non-hydrogen) atoms. The molecule has 9 heteroatoms. The number of aryl methyl sites for hydroxylation is 3. The fourth-order valence-electron chi connectivity index (χ4n) is 2.74. The van der Waals surface area contributed by atoms with Gasteiger partial charge in [0.05, 0.1) is 22.5 Å². The smallest absolute Gasteiger partial charge is 0.262 e. The Morgan fingerprint density at radius 3 is 2.58 bits per heavy atom. The monoisotopic (exact) mass is 373 g/mol. The molecular formula is C17H19N5O3S. The lowest BCUT2D eigenvalue weighted by atomic mass is 10.2. The van der Waals surface area contributed by atoms with Crippen LogP contribution in [0.2, 0.25) is 0 Å². The van der Waals surface area contributed by atoms with E-state index >= 15 is 0 Å². The summed E-state index contributed by atoms with van der Waals surface area (Å²) in [5, 5.41) is 7.64. The lowest BCUT2D eigenvalue weighted by Gasteiger charge is -2.12. The van der Waals surface area contributed by atoms with Gasteiger partial charge in [0.1, 0.15) is 0 Å². The summed E-state index contributed by atoms with van der Waals surface area (Å²) in [6.45, 7) is 4.89. The molecule has 2 N–H and O–H groups in total. The van der Waals surface area contributed by atoms with Gasteiger partial charge in [-0.25, -0.2) is 13.4 Å². The number of hydrogen-bond donors (Lipinski definition) is 2. The molecule has 0 unspecified atom stereocenters. The molecule has 0 fully saturated rings. The van der Waals surface area contributed by atoms with Crippen LogP contribution in [0.15, 0.2) is 35.4 Å². The Labute approximate surface area is 151 Å². The molecule has 0 aliphatic heterocycles. The lowest BCUT2D eigenvalue weighted by molar-refractivity contribution is -0.114. The van der Waals surface area contributed by atoms with Crippen LogP contribution in [0.25, 0.3) is 11.0 Å². The summed E-state index contributed by atoms with van der Waals surface area (Å²) in [6.07, 6.45) is 1.45. The second-order valence-electron chi connectivity index (χ2n) is 6.07. The SMILES string of the molecule is CC(=O)Nc1ccc(C)c(S(=O)(=O)Nc2cnc3c(c2)c(C)nn3C)c1. The quantitative estimate of drug-likeness (QED) is 0.730. The highest BCUT2D eigenvalue weighted by atomic mass is 32.2. The molecule has 8 nitrogen and oxygen atoms in total. The van der Waals surface area contributed by atoms with Gasteiger partial charge >= 0.3 is 0 Å². The van der Waals surface area contributed by atoms with Crippen molar-refractivity contribution in [3.05, 3.63) is 41.7 Å².